The second-order valence-electron chi connectivity index (χ2n) is 2.19. The molecule has 0 bridgehead atoms. The average Bonchev–Trinajstić information content (AvgIpc) is 1.94. The molecule has 11 heavy (non-hydrogen) atoms. The van der Waals surface area contributed by atoms with Gasteiger partial charge >= 0.3 is 0 Å². The van der Waals surface area contributed by atoms with Gasteiger partial charge in [0.1, 0.15) is 0 Å². The first kappa shape index (κ1) is 9.00. The van der Waals surface area contributed by atoms with Crippen LogP contribution in [0.1, 0.15) is 17.3 Å². The summed E-state index contributed by atoms with van der Waals surface area (Å²) in [5.74, 6) is 0.0691. The van der Waals surface area contributed by atoms with Crippen molar-refractivity contribution in [3.8, 4) is 0 Å². The zero-order valence-corrected chi connectivity index (χ0v) is 8.81. The van der Waals surface area contributed by atoms with Gasteiger partial charge in [-0.2, -0.15) is 0 Å². The van der Waals surface area contributed by atoms with Crippen molar-refractivity contribution in [3.05, 3.63) is 32.4 Å². The molecule has 0 spiro atoms. The smallest absolute Gasteiger partial charge is 0.159 e. The summed E-state index contributed by atoms with van der Waals surface area (Å²) in [5.41, 5.74) is 0.707. The van der Waals surface area contributed by atoms with Crippen molar-refractivity contribution in [2.45, 2.75) is 6.92 Å². The van der Waals surface area contributed by atoms with Gasteiger partial charge in [-0.25, -0.2) is 0 Å². The Labute approximate surface area is 83.9 Å². The standard InChI is InChI=1S/C8H6ClIO/c1-5(11)6-2-3-7(9)8(10)4-6/h2-4H,1H3. The highest BCUT2D eigenvalue weighted by atomic mass is 127. The molecular formula is C8H6ClIO. The molecular weight excluding hydrogens is 274 g/mol. The minimum absolute atomic E-state index is 0.0691. The molecule has 0 fully saturated rings. The van der Waals surface area contributed by atoms with Gasteiger partial charge in [0.25, 0.3) is 0 Å². The van der Waals surface area contributed by atoms with Crippen molar-refractivity contribution >= 4 is 40.0 Å². The minimum atomic E-state index is 0.0691. The Morgan fingerprint density at radius 1 is 1.55 bits per heavy atom. The lowest BCUT2D eigenvalue weighted by atomic mass is 10.2. The quantitative estimate of drug-likeness (QED) is 0.570. The Bertz CT molecular complexity index is 296. The molecule has 3 heteroatoms. The molecule has 0 saturated heterocycles. The molecule has 0 aliphatic heterocycles. The van der Waals surface area contributed by atoms with E-state index in [0.717, 1.165) is 3.57 Å². The zero-order chi connectivity index (χ0) is 8.43. The van der Waals surface area contributed by atoms with Crippen LogP contribution in [0, 0.1) is 3.57 Å². The number of carbonyl (C=O) groups is 1. The van der Waals surface area contributed by atoms with Crippen LogP contribution in [0.25, 0.3) is 0 Å². The number of Topliss-reactive ketones (excluding diaryl/α,β-unsaturated/α-hetero) is 1. The van der Waals surface area contributed by atoms with E-state index in [1.807, 2.05) is 0 Å². The van der Waals surface area contributed by atoms with Crippen molar-refractivity contribution < 1.29 is 4.79 Å². The average molecular weight is 280 g/mol. The molecule has 0 unspecified atom stereocenters. The number of rotatable bonds is 1. The number of carbonyl (C=O) groups excluding carboxylic acids is 1. The molecule has 0 amide bonds. The van der Waals surface area contributed by atoms with E-state index in [1.54, 1.807) is 25.1 Å². The van der Waals surface area contributed by atoms with Crippen LogP contribution in [0.2, 0.25) is 5.02 Å². The molecule has 0 aliphatic rings. The summed E-state index contributed by atoms with van der Waals surface area (Å²) in [7, 11) is 0. The van der Waals surface area contributed by atoms with Gasteiger partial charge in [-0.3, -0.25) is 4.79 Å². The summed E-state index contributed by atoms with van der Waals surface area (Å²) in [6.45, 7) is 1.54. The first-order chi connectivity index (χ1) is 5.11. The predicted octanol–water partition coefficient (Wildman–Crippen LogP) is 3.15. The highest BCUT2D eigenvalue weighted by Crippen LogP contribution is 2.19. The van der Waals surface area contributed by atoms with Gasteiger partial charge in [0.15, 0.2) is 5.78 Å². The maximum absolute atomic E-state index is 10.9. The van der Waals surface area contributed by atoms with Crippen LogP contribution in [-0.4, -0.2) is 5.78 Å². The van der Waals surface area contributed by atoms with E-state index in [2.05, 4.69) is 22.6 Å². The minimum Gasteiger partial charge on any atom is -0.295 e. The lowest BCUT2D eigenvalue weighted by Gasteiger charge is -1.97. The largest absolute Gasteiger partial charge is 0.295 e. The highest BCUT2D eigenvalue weighted by molar-refractivity contribution is 14.1. The monoisotopic (exact) mass is 280 g/mol. The van der Waals surface area contributed by atoms with Gasteiger partial charge in [-0.1, -0.05) is 11.6 Å². The Morgan fingerprint density at radius 2 is 2.18 bits per heavy atom. The number of benzene rings is 1. The number of hydrogen-bond acceptors (Lipinski definition) is 1. The second kappa shape index (κ2) is 3.54. The van der Waals surface area contributed by atoms with Crippen LogP contribution in [0.4, 0.5) is 0 Å². The molecule has 1 rings (SSSR count). The Kier molecular flexibility index (Phi) is 2.90. The Balaban J connectivity index is 3.15. The van der Waals surface area contributed by atoms with Gasteiger partial charge < -0.3 is 0 Å². The number of ketones is 1. The third-order valence-corrected chi connectivity index (χ3v) is 2.87. The van der Waals surface area contributed by atoms with Gasteiger partial charge in [0, 0.05) is 9.13 Å². The van der Waals surface area contributed by atoms with Crippen LogP contribution in [-0.2, 0) is 0 Å². The lowest BCUT2D eigenvalue weighted by Crippen LogP contribution is -1.91. The van der Waals surface area contributed by atoms with Gasteiger partial charge in [-0.15, -0.1) is 0 Å². The van der Waals surface area contributed by atoms with Crippen LogP contribution in [0.3, 0.4) is 0 Å². The maximum Gasteiger partial charge on any atom is 0.159 e. The topological polar surface area (TPSA) is 17.1 Å². The molecule has 0 N–H and O–H groups in total. The van der Waals surface area contributed by atoms with Gasteiger partial charge in [0.05, 0.1) is 5.02 Å². The molecule has 58 valence electrons. The summed E-state index contributed by atoms with van der Waals surface area (Å²) in [6.07, 6.45) is 0. The molecule has 0 radical (unpaired) electrons. The molecule has 0 saturated carbocycles. The van der Waals surface area contributed by atoms with E-state index in [4.69, 9.17) is 11.6 Å². The van der Waals surface area contributed by atoms with Crippen LogP contribution in [0.15, 0.2) is 18.2 Å². The van der Waals surface area contributed by atoms with E-state index < -0.39 is 0 Å². The van der Waals surface area contributed by atoms with E-state index >= 15 is 0 Å². The predicted molar refractivity (Wildman–Crippen MR) is 54.2 cm³/mol. The molecule has 1 nitrogen and oxygen atoms in total. The zero-order valence-electron chi connectivity index (χ0n) is 5.90. The molecule has 0 aliphatic carbocycles. The van der Waals surface area contributed by atoms with Crippen LogP contribution in [0.5, 0.6) is 0 Å². The fourth-order valence-electron chi connectivity index (χ4n) is 0.715. The number of hydrogen-bond donors (Lipinski definition) is 0. The van der Waals surface area contributed by atoms with Crippen molar-refractivity contribution in [2.24, 2.45) is 0 Å². The third kappa shape index (κ3) is 2.17. The summed E-state index contributed by atoms with van der Waals surface area (Å²) in [6, 6.07) is 5.25. The highest BCUT2D eigenvalue weighted by Gasteiger charge is 2.01. The summed E-state index contributed by atoms with van der Waals surface area (Å²) in [5, 5.41) is 0.690. The summed E-state index contributed by atoms with van der Waals surface area (Å²) < 4.78 is 0.914. The SMILES string of the molecule is CC(=O)c1ccc(Cl)c(I)c1. The van der Waals surface area contributed by atoms with Crippen LogP contribution >= 0.6 is 34.2 Å². The normalized spacial score (nSPS) is 9.73. The van der Waals surface area contributed by atoms with Crippen molar-refractivity contribution in [1.29, 1.82) is 0 Å². The van der Waals surface area contributed by atoms with Crippen molar-refractivity contribution in [2.75, 3.05) is 0 Å². The van der Waals surface area contributed by atoms with E-state index in [9.17, 15) is 4.79 Å². The van der Waals surface area contributed by atoms with Crippen LogP contribution < -0.4 is 0 Å². The Morgan fingerprint density at radius 3 is 2.64 bits per heavy atom. The van der Waals surface area contributed by atoms with Crippen molar-refractivity contribution in [3.63, 3.8) is 0 Å². The molecule has 0 atom stereocenters. The fourth-order valence-corrected chi connectivity index (χ4v) is 1.35. The van der Waals surface area contributed by atoms with E-state index in [0.29, 0.717) is 10.6 Å². The Hall–Kier alpha value is -0.0900. The third-order valence-electron chi connectivity index (χ3n) is 1.33. The molecule has 0 aromatic heterocycles. The van der Waals surface area contributed by atoms with Gasteiger partial charge in [0.2, 0.25) is 0 Å². The fraction of sp³-hybridized carbons (Fsp3) is 0.125. The van der Waals surface area contributed by atoms with E-state index in [1.165, 1.54) is 0 Å². The summed E-state index contributed by atoms with van der Waals surface area (Å²) in [4.78, 5) is 10.9. The first-order valence-electron chi connectivity index (χ1n) is 3.07. The first-order valence-corrected chi connectivity index (χ1v) is 4.53. The molecule has 1 aromatic rings. The molecule has 0 heterocycles. The maximum atomic E-state index is 10.9. The molecule has 1 aromatic carbocycles. The van der Waals surface area contributed by atoms with Crippen molar-refractivity contribution in [1.82, 2.24) is 0 Å². The van der Waals surface area contributed by atoms with E-state index in [-0.39, 0.29) is 5.78 Å². The number of halogens is 2. The lowest BCUT2D eigenvalue weighted by molar-refractivity contribution is 0.101. The van der Waals surface area contributed by atoms with Gasteiger partial charge in [-0.05, 0) is 47.7 Å². The summed E-state index contributed by atoms with van der Waals surface area (Å²) >= 11 is 7.87. The second-order valence-corrected chi connectivity index (χ2v) is 3.75.